The van der Waals surface area contributed by atoms with Gasteiger partial charge in [-0.25, -0.2) is 13.1 Å². The largest absolute Gasteiger partial charge is 0.381 e. The van der Waals surface area contributed by atoms with Crippen molar-refractivity contribution >= 4 is 10.0 Å². The Balaban J connectivity index is 1.77. The van der Waals surface area contributed by atoms with Gasteiger partial charge in [0.25, 0.3) is 0 Å². The molecule has 1 saturated heterocycles. The lowest BCUT2D eigenvalue weighted by molar-refractivity contribution is 0.180. The molecule has 0 radical (unpaired) electrons. The van der Waals surface area contributed by atoms with Crippen LogP contribution in [0.25, 0.3) is 0 Å². The Bertz CT molecular complexity index is 601. The van der Waals surface area contributed by atoms with Gasteiger partial charge in [-0.3, -0.25) is 0 Å². The summed E-state index contributed by atoms with van der Waals surface area (Å²) >= 11 is 0. The van der Waals surface area contributed by atoms with Gasteiger partial charge in [0.15, 0.2) is 0 Å². The smallest absolute Gasteiger partial charge is 0.242 e. The summed E-state index contributed by atoms with van der Waals surface area (Å²) in [7, 11) is -3.50. The molecule has 1 aromatic rings. The normalized spacial score (nSPS) is 24.4. The summed E-state index contributed by atoms with van der Waals surface area (Å²) in [5.74, 6) is 0.249. The minimum atomic E-state index is -3.50. The average molecular weight is 313 g/mol. The van der Waals surface area contributed by atoms with E-state index in [0.717, 1.165) is 25.0 Å². The van der Waals surface area contributed by atoms with Gasteiger partial charge in [0.2, 0.25) is 10.0 Å². The number of rotatable bonds is 6. The van der Waals surface area contributed by atoms with Crippen LogP contribution in [0.3, 0.4) is 0 Å². The first-order chi connectivity index (χ1) is 10.0. The van der Waals surface area contributed by atoms with E-state index in [9.17, 15) is 8.42 Å². The van der Waals surface area contributed by atoms with E-state index in [-0.39, 0.29) is 12.0 Å². The van der Waals surface area contributed by atoms with Crippen molar-refractivity contribution in [2.45, 2.75) is 49.7 Å². The fraction of sp³-hybridized carbons (Fsp3) is 0.714. The third-order valence-corrected chi connectivity index (χ3v) is 5.91. The molecule has 1 aliphatic carbocycles. The maximum absolute atomic E-state index is 12.5. The molecule has 118 valence electrons. The van der Waals surface area contributed by atoms with Gasteiger partial charge in [-0.1, -0.05) is 0 Å². The van der Waals surface area contributed by atoms with Gasteiger partial charge in [-0.2, -0.15) is 0 Å². The van der Waals surface area contributed by atoms with E-state index >= 15 is 0 Å². The highest BCUT2D eigenvalue weighted by atomic mass is 32.2. The molecule has 1 aliphatic heterocycles. The molecule has 6 nitrogen and oxygen atoms in total. The predicted octanol–water partition coefficient (Wildman–Crippen LogP) is 0.985. The first kappa shape index (κ1) is 15.0. The first-order valence-corrected chi connectivity index (χ1v) is 9.00. The van der Waals surface area contributed by atoms with Crippen LogP contribution in [-0.2, 0) is 21.3 Å². The molecule has 7 heteroatoms. The lowest BCUT2D eigenvalue weighted by Crippen LogP contribution is -2.38. The number of nitrogens with two attached hydrogens (primary N) is 1. The standard InChI is InChI=1S/C14H23N3O3S/c1-10(11-4-5-20-9-11)16-21(18,19)14-6-13(7-15)17(8-14)12-2-3-12/h6,8,10-12,16H,2-5,7,9,15H2,1H3. The van der Waals surface area contributed by atoms with E-state index < -0.39 is 10.0 Å². The van der Waals surface area contributed by atoms with E-state index in [1.54, 1.807) is 12.3 Å². The van der Waals surface area contributed by atoms with E-state index in [4.69, 9.17) is 10.5 Å². The number of hydrogen-bond donors (Lipinski definition) is 2. The summed E-state index contributed by atoms with van der Waals surface area (Å²) in [4.78, 5) is 0.320. The second-order valence-corrected chi connectivity index (χ2v) is 7.76. The second kappa shape index (κ2) is 5.72. The van der Waals surface area contributed by atoms with E-state index in [1.165, 1.54) is 0 Å². The van der Waals surface area contributed by atoms with Crippen molar-refractivity contribution in [1.82, 2.24) is 9.29 Å². The molecule has 3 rings (SSSR count). The summed E-state index contributed by atoms with van der Waals surface area (Å²) in [6, 6.07) is 2.00. The van der Waals surface area contributed by atoms with Gasteiger partial charge in [0, 0.05) is 43.0 Å². The SMILES string of the molecule is CC(NS(=O)(=O)c1cc(CN)n(C2CC2)c1)C1CCOC1. The zero-order valence-electron chi connectivity index (χ0n) is 12.3. The van der Waals surface area contributed by atoms with Crippen LogP contribution in [0.5, 0.6) is 0 Å². The Kier molecular flexibility index (Phi) is 4.09. The summed E-state index contributed by atoms with van der Waals surface area (Å²) in [6.45, 7) is 3.60. The van der Waals surface area contributed by atoms with Crippen molar-refractivity contribution in [3.8, 4) is 0 Å². The summed E-state index contributed by atoms with van der Waals surface area (Å²) in [6.07, 6.45) is 4.83. The van der Waals surface area contributed by atoms with Crippen LogP contribution in [-0.4, -0.2) is 32.2 Å². The third kappa shape index (κ3) is 3.15. The molecule has 21 heavy (non-hydrogen) atoms. The number of hydrogen-bond acceptors (Lipinski definition) is 4. The Morgan fingerprint density at radius 2 is 2.24 bits per heavy atom. The van der Waals surface area contributed by atoms with Crippen molar-refractivity contribution in [3.63, 3.8) is 0 Å². The van der Waals surface area contributed by atoms with Gasteiger partial charge < -0.3 is 15.0 Å². The Morgan fingerprint density at radius 3 is 2.81 bits per heavy atom. The van der Waals surface area contributed by atoms with Crippen LogP contribution in [0.2, 0.25) is 0 Å². The molecule has 1 saturated carbocycles. The van der Waals surface area contributed by atoms with E-state index in [0.29, 0.717) is 30.7 Å². The van der Waals surface area contributed by atoms with Crippen LogP contribution in [0.15, 0.2) is 17.2 Å². The highest BCUT2D eigenvalue weighted by molar-refractivity contribution is 7.89. The first-order valence-electron chi connectivity index (χ1n) is 7.52. The van der Waals surface area contributed by atoms with Gasteiger partial charge in [-0.15, -0.1) is 0 Å². The fourth-order valence-electron chi connectivity index (χ4n) is 2.86. The van der Waals surface area contributed by atoms with Crippen LogP contribution >= 0.6 is 0 Å². The van der Waals surface area contributed by atoms with Crippen LogP contribution in [0, 0.1) is 5.92 Å². The molecule has 2 fully saturated rings. The summed E-state index contributed by atoms with van der Waals surface area (Å²) in [5, 5.41) is 0. The van der Waals surface area contributed by atoms with Gasteiger partial charge >= 0.3 is 0 Å². The van der Waals surface area contributed by atoms with E-state index in [2.05, 4.69) is 4.72 Å². The van der Waals surface area contributed by atoms with Gasteiger partial charge in [0.1, 0.15) is 0 Å². The summed E-state index contributed by atoms with van der Waals surface area (Å²) in [5.41, 5.74) is 6.61. The number of aromatic nitrogens is 1. The Morgan fingerprint density at radius 1 is 1.48 bits per heavy atom. The van der Waals surface area contributed by atoms with Gasteiger partial charge in [0.05, 0.1) is 11.5 Å². The maximum atomic E-state index is 12.5. The molecule has 0 amide bonds. The zero-order chi connectivity index (χ0) is 15.0. The minimum Gasteiger partial charge on any atom is -0.381 e. The minimum absolute atomic E-state index is 0.122. The number of nitrogens with one attached hydrogen (secondary N) is 1. The average Bonchev–Trinajstić information content (AvgIpc) is 2.98. The molecule has 2 heterocycles. The molecule has 2 atom stereocenters. The topological polar surface area (TPSA) is 86.4 Å². The fourth-order valence-corrected chi connectivity index (χ4v) is 4.22. The predicted molar refractivity (Wildman–Crippen MR) is 79.3 cm³/mol. The highest BCUT2D eigenvalue weighted by Crippen LogP contribution is 2.37. The van der Waals surface area contributed by atoms with Crippen molar-refractivity contribution < 1.29 is 13.2 Å². The summed E-state index contributed by atoms with van der Waals surface area (Å²) < 4.78 is 35.1. The Labute approximate surface area is 125 Å². The lowest BCUT2D eigenvalue weighted by atomic mass is 10.0. The van der Waals surface area contributed by atoms with Crippen molar-refractivity contribution in [3.05, 3.63) is 18.0 Å². The van der Waals surface area contributed by atoms with Gasteiger partial charge in [-0.05, 0) is 32.3 Å². The molecule has 0 bridgehead atoms. The molecule has 3 N–H and O–H groups in total. The molecular formula is C14H23N3O3S. The van der Waals surface area contributed by atoms with Crippen LogP contribution < -0.4 is 10.5 Å². The quantitative estimate of drug-likeness (QED) is 0.820. The third-order valence-electron chi connectivity index (χ3n) is 4.38. The van der Waals surface area contributed by atoms with E-state index in [1.807, 2.05) is 11.5 Å². The van der Waals surface area contributed by atoms with Crippen LogP contribution in [0.1, 0.15) is 37.9 Å². The van der Waals surface area contributed by atoms with Crippen molar-refractivity contribution in [2.24, 2.45) is 11.7 Å². The molecule has 0 spiro atoms. The van der Waals surface area contributed by atoms with Crippen molar-refractivity contribution in [2.75, 3.05) is 13.2 Å². The van der Waals surface area contributed by atoms with Crippen LogP contribution in [0.4, 0.5) is 0 Å². The molecule has 1 aromatic heterocycles. The molecule has 2 unspecified atom stereocenters. The van der Waals surface area contributed by atoms with Crippen molar-refractivity contribution in [1.29, 1.82) is 0 Å². The number of nitrogens with zero attached hydrogens (tertiary/aromatic N) is 1. The second-order valence-electron chi connectivity index (χ2n) is 6.04. The monoisotopic (exact) mass is 313 g/mol. The lowest BCUT2D eigenvalue weighted by Gasteiger charge is -2.18. The number of ether oxygens (including phenoxy) is 1. The molecule has 2 aliphatic rings. The number of sulfonamides is 1. The Hall–Kier alpha value is -0.890. The maximum Gasteiger partial charge on any atom is 0.242 e. The molecular weight excluding hydrogens is 290 g/mol. The zero-order valence-corrected chi connectivity index (χ0v) is 13.1. The highest BCUT2D eigenvalue weighted by Gasteiger charge is 2.30. The molecule has 0 aromatic carbocycles.